The van der Waals surface area contributed by atoms with Crippen LogP contribution in [-0.4, -0.2) is 17.4 Å². The Bertz CT molecular complexity index is 340. The van der Waals surface area contributed by atoms with Crippen LogP contribution in [0.2, 0.25) is 5.15 Å². The molecule has 3 nitrogen and oxygen atoms in total. The molecule has 13 heavy (non-hydrogen) atoms. The summed E-state index contributed by atoms with van der Waals surface area (Å²) < 4.78 is 0. The largest absolute Gasteiger partial charge is 0.310 e. The van der Waals surface area contributed by atoms with Crippen molar-refractivity contribution in [1.29, 1.82) is 0 Å². The van der Waals surface area contributed by atoms with Gasteiger partial charge in [-0.2, -0.15) is 0 Å². The Labute approximate surface area is 81.3 Å². The Balaban J connectivity index is 2.34. The molecule has 2 rings (SSSR count). The van der Waals surface area contributed by atoms with Crippen LogP contribution in [0.3, 0.4) is 0 Å². The van der Waals surface area contributed by atoms with Gasteiger partial charge in [0.25, 0.3) is 0 Å². The highest BCUT2D eigenvalue weighted by Crippen LogP contribution is 2.26. The summed E-state index contributed by atoms with van der Waals surface area (Å²) in [6.07, 6.45) is 3.14. The lowest BCUT2D eigenvalue weighted by Crippen LogP contribution is -2.24. The quantitative estimate of drug-likeness (QED) is 0.643. The van der Waals surface area contributed by atoms with Gasteiger partial charge in [-0.15, -0.1) is 0 Å². The fourth-order valence-corrected chi connectivity index (χ4v) is 1.70. The fourth-order valence-electron chi connectivity index (χ4n) is 1.48. The molecule has 0 aromatic carbocycles. The van der Waals surface area contributed by atoms with E-state index in [1.165, 1.54) is 0 Å². The average molecular weight is 197 g/mol. The van der Waals surface area contributed by atoms with E-state index in [-0.39, 0.29) is 5.91 Å². The van der Waals surface area contributed by atoms with Gasteiger partial charge >= 0.3 is 0 Å². The lowest BCUT2D eigenvalue weighted by Gasteiger charge is -2.15. The number of halogens is 1. The van der Waals surface area contributed by atoms with E-state index in [1.54, 1.807) is 17.2 Å². The van der Waals surface area contributed by atoms with E-state index in [4.69, 9.17) is 11.6 Å². The molecule has 1 amide bonds. The molecule has 1 aliphatic heterocycles. The SMILES string of the molecule is O=C1CCCN1c1cccnc1Cl. The second-order valence-electron chi connectivity index (χ2n) is 2.96. The first-order valence-corrected chi connectivity index (χ1v) is 4.58. The maximum Gasteiger partial charge on any atom is 0.227 e. The maximum atomic E-state index is 11.4. The second-order valence-corrected chi connectivity index (χ2v) is 3.32. The summed E-state index contributed by atoms with van der Waals surface area (Å²) in [5.41, 5.74) is 0.728. The number of rotatable bonds is 1. The number of hydrogen-bond acceptors (Lipinski definition) is 2. The van der Waals surface area contributed by atoms with Crippen LogP contribution in [0.4, 0.5) is 5.69 Å². The number of pyridine rings is 1. The molecule has 1 aromatic heterocycles. The summed E-state index contributed by atoms with van der Waals surface area (Å²) >= 11 is 5.86. The Hall–Kier alpha value is -1.09. The lowest BCUT2D eigenvalue weighted by atomic mass is 10.4. The topological polar surface area (TPSA) is 33.2 Å². The normalized spacial score (nSPS) is 16.7. The molecule has 0 spiro atoms. The summed E-state index contributed by atoms with van der Waals surface area (Å²) in [5, 5.41) is 0.401. The third kappa shape index (κ3) is 1.52. The highest BCUT2D eigenvalue weighted by atomic mass is 35.5. The summed E-state index contributed by atoms with van der Waals surface area (Å²) in [6, 6.07) is 3.60. The number of amides is 1. The van der Waals surface area contributed by atoms with Gasteiger partial charge in [-0.1, -0.05) is 11.6 Å². The number of nitrogens with zero attached hydrogens (tertiary/aromatic N) is 2. The van der Waals surface area contributed by atoms with E-state index in [0.717, 1.165) is 18.7 Å². The molecule has 0 unspecified atom stereocenters. The smallest absolute Gasteiger partial charge is 0.227 e. The molecule has 68 valence electrons. The molecule has 0 atom stereocenters. The van der Waals surface area contributed by atoms with Crippen molar-refractivity contribution < 1.29 is 4.79 Å². The lowest BCUT2D eigenvalue weighted by molar-refractivity contribution is -0.117. The number of carbonyl (C=O) groups excluding carboxylic acids is 1. The molecule has 2 heterocycles. The first-order valence-electron chi connectivity index (χ1n) is 4.20. The minimum atomic E-state index is 0.134. The van der Waals surface area contributed by atoms with E-state index < -0.39 is 0 Å². The van der Waals surface area contributed by atoms with Crippen molar-refractivity contribution in [1.82, 2.24) is 4.98 Å². The van der Waals surface area contributed by atoms with Crippen LogP contribution < -0.4 is 4.90 Å². The molecule has 1 aromatic rings. The number of aromatic nitrogens is 1. The third-order valence-corrected chi connectivity index (χ3v) is 2.39. The zero-order valence-electron chi connectivity index (χ0n) is 7.03. The second kappa shape index (κ2) is 3.34. The van der Waals surface area contributed by atoms with Crippen LogP contribution in [0.25, 0.3) is 0 Å². The van der Waals surface area contributed by atoms with Crippen LogP contribution in [0, 0.1) is 0 Å². The van der Waals surface area contributed by atoms with E-state index in [0.29, 0.717) is 11.6 Å². The number of carbonyl (C=O) groups is 1. The van der Waals surface area contributed by atoms with E-state index in [9.17, 15) is 4.79 Å². The predicted octanol–water partition coefficient (Wildman–Crippen LogP) is 1.86. The molecule has 0 N–H and O–H groups in total. The van der Waals surface area contributed by atoms with Crippen molar-refractivity contribution in [2.24, 2.45) is 0 Å². The summed E-state index contributed by atoms with van der Waals surface area (Å²) in [7, 11) is 0. The minimum Gasteiger partial charge on any atom is -0.310 e. The third-order valence-electron chi connectivity index (χ3n) is 2.10. The molecule has 1 fully saturated rings. The highest BCUT2D eigenvalue weighted by Gasteiger charge is 2.23. The van der Waals surface area contributed by atoms with Gasteiger partial charge in [0, 0.05) is 19.2 Å². The van der Waals surface area contributed by atoms with Gasteiger partial charge in [0.1, 0.15) is 0 Å². The predicted molar refractivity (Wildman–Crippen MR) is 50.8 cm³/mol. The Kier molecular flexibility index (Phi) is 2.19. The summed E-state index contributed by atoms with van der Waals surface area (Å²) in [6.45, 7) is 0.754. The van der Waals surface area contributed by atoms with Crippen LogP contribution in [-0.2, 0) is 4.79 Å². The van der Waals surface area contributed by atoms with E-state index >= 15 is 0 Å². The molecule has 1 saturated heterocycles. The van der Waals surface area contributed by atoms with Gasteiger partial charge < -0.3 is 4.90 Å². The van der Waals surface area contributed by atoms with Crippen LogP contribution >= 0.6 is 11.6 Å². The zero-order valence-corrected chi connectivity index (χ0v) is 7.79. The van der Waals surface area contributed by atoms with Crippen molar-refractivity contribution in [3.05, 3.63) is 23.5 Å². The zero-order chi connectivity index (χ0) is 9.26. The monoisotopic (exact) mass is 196 g/mol. The van der Waals surface area contributed by atoms with Gasteiger partial charge in [0.05, 0.1) is 5.69 Å². The minimum absolute atomic E-state index is 0.134. The molecule has 0 aliphatic carbocycles. The van der Waals surface area contributed by atoms with Crippen molar-refractivity contribution in [3.63, 3.8) is 0 Å². The van der Waals surface area contributed by atoms with Crippen molar-refractivity contribution in [2.75, 3.05) is 11.4 Å². The maximum absolute atomic E-state index is 11.4. The molecule has 0 radical (unpaired) electrons. The van der Waals surface area contributed by atoms with Crippen LogP contribution in [0.5, 0.6) is 0 Å². The molecule has 0 saturated carbocycles. The molecular weight excluding hydrogens is 188 g/mol. The van der Waals surface area contributed by atoms with E-state index in [1.807, 2.05) is 6.07 Å². The van der Waals surface area contributed by atoms with Crippen molar-refractivity contribution >= 4 is 23.2 Å². The Morgan fingerprint density at radius 1 is 1.54 bits per heavy atom. The Morgan fingerprint density at radius 2 is 2.38 bits per heavy atom. The van der Waals surface area contributed by atoms with Crippen molar-refractivity contribution in [3.8, 4) is 0 Å². The Morgan fingerprint density at radius 3 is 3.00 bits per heavy atom. The molecular formula is C9H9ClN2O. The average Bonchev–Trinajstić information content (AvgIpc) is 2.52. The van der Waals surface area contributed by atoms with Gasteiger partial charge in [0.2, 0.25) is 5.91 Å². The van der Waals surface area contributed by atoms with Crippen LogP contribution in [0.1, 0.15) is 12.8 Å². The number of hydrogen-bond donors (Lipinski definition) is 0. The summed E-state index contributed by atoms with van der Waals surface area (Å²) in [4.78, 5) is 17.0. The van der Waals surface area contributed by atoms with E-state index in [2.05, 4.69) is 4.98 Å². The first-order chi connectivity index (χ1) is 6.29. The molecule has 0 bridgehead atoms. The van der Waals surface area contributed by atoms with Crippen molar-refractivity contribution in [2.45, 2.75) is 12.8 Å². The van der Waals surface area contributed by atoms with Crippen LogP contribution in [0.15, 0.2) is 18.3 Å². The standard InChI is InChI=1S/C9H9ClN2O/c10-9-7(3-1-5-11-9)12-6-2-4-8(12)13/h1,3,5H,2,4,6H2. The van der Waals surface area contributed by atoms with Gasteiger partial charge in [-0.25, -0.2) is 4.98 Å². The molecule has 4 heteroatoms. The van der Waals surface area contributed by atoms with Gasteiger partial charge in [0.15, 0.2) is 5.15 Å². The number of anilines is 1. The van der Waals surface area contributed by atoms with Gasteiger partial charge in [-0.3, -0.25) is 4.79 Å². The summed E-state index contributed by atoms with van der Waals surface area (Å²) in [5.74, 6) is 0.134. The first kappa shape index (κ1) is 8.51. The molecule has 1 aliphatic rings. The highest BCUT2D eigenvalue weighted by molar-refractivity contribution is 6.32. The fraction of sp³-hybridized carbons (Fsp3) is 0.333. The van der Waals surface area contributed by atoms with Gasteiger partial charge in [-0.05, 0) is 18.6 Å².